The van der Waals surface area contributed by atoms with Crippen molar-refractivity contribution in [1.29, 1.82) is 0 Å². The fraction of sp³-hybridized carbons (Fsp3) is 0.588. The van der Waals surface area contributed by atoms with Gasteiger partial charge in [-0.1, -0.05) is 24.3 Å². The first kappa shape index (κ1) is 14.5. The molecule has 3 rings (SSSR count). The molecule has 1 unspecified atom stereocenters. The first-order valence-corrected chi connectivity index (χ1v) is 7.81. The molecule has 1 heterocycles. The first-order chi connectivity index (χ1) is 10.2. The molecule has 21 heavy (non-hydrogen) atoms. The monoisotopic (exact) mass is 288 g/mol. The summed E-state index contributed by atoms with van der Waals surface area (Å²) in [6, 6.07) is 8.50. The highest BCUT2D eigenvalue weighted by Gasteiger charge is 2.40. The molecule has 4 nitrogen and oxygen atoms in total. The van der Waals surface area contributed by atoms with Gasteiger partial charge in [-0.3, -0.25) is 4.79 Å². The molecule has 2 N–H and O–H groups in total. The standard InChI is InChI=1S/C17H24N2O2/c1-21-12-17(6-8-18-9-7-17)16(20)19-11-14-10-13-4-2-3-5-15(13)14/h2-5,14,18H,6-12H2,1H3,(H,19,20). The zero-order chi connectivity index (χ0) is 14.7. The number of methoxy groups -OCH3 is 1. The molecule has 1 aliphatic heterocycles. The van der Waals surface area contributed by atoms with Crippen LogP contribution in [-0.4, -0.2) is 39.3 Å². The quantitative estimate of drug-likeness (QED) is 0.862. The van der Waals surface area contributed by atoms with E-state index in [-0.39, 0.29) is 11.3 Å². The maximum atomic E-state index is 12.6. The van der Waals surface area contributed by atoms with Crippen LogP contribution in [0.3, 0.4) is 0 Å². The molecule has 1 aliphatic carbocycles. The van der Waals surface area contributed by atoms with E-state index in [2.05, 4.69) is 34.9 Å². The van der Waals surface area contributed by atoms with Crippen LogP contribution in [0.2, 0.25) is 0 Å². The summed E-state index contributed by atoms with van der Waals surface area (Å²) in [4.78, 5) is 12.6. The Morgan fingerprint density at radius 1 is 1.38 bits per heavy atom. The predicted octanol–water partition coefficient (Wildman–Crippen LogP) is 1.46. The third-order valence-corrected chi connectivity index (χ3v) is 4.93. The van der Waals surface area contributed by atoms with Gasteiger partial charge >= 0.3 is 0 Å². The van der Waals surface area contributed by atoms with Crippen LogP contribution >= 0.6 is 0 Å². The van der Waals surface area contributed by atoms with Crippen LogP contribution < -0.4 is 10.6 Å². The highest BCUT2D eigenvalue weighted by molar-refractivity contribution is 5.83. The number of nitrogens with one attached hydrogen (secondary N) is 2. The molecule has 0 aromatic heterocycles. The summed E-state index contributed by atoms with van der Waals surface area (Å²) in [7, 11) is 1.68. The van der Waals surface area contributed by atoms with Crippen molar-refractivity contribution < 1.29 is 9.53 Å². The molecule has 1 amide bonds. The molecule has 0 saturated carbocycles. The van der Waals surface area contributed by atoms with Gasteiger partial charge in [0.15, 0.2) is 0 Å². The summed E-state index contributed by atoms with van der Waals surface area (Å²) in [6.07, 6.45) is 2.79. The highest BCUT2D eigenvalue weighted by Crippen LogP contribution is 2.35. The Morgan fingerprint density at radius 3 is 2.86 bits per heavy atom. The Bertz CT molecular complexity index is 504. The normalized spacial score (nSPS) is 23.0. The van der Waals surface area contributed by atoms with Crippen molar-refractivity contribution in [2.24, 2.45) is 5.41 Å². The lowest BCUT2D eigenvalue weighted by molar-refractivity contribution is -0.136. The summed E-state index contributed by atoms with van der Waals surface area (Å²) in [5, 5.41) is 6.49. The molecule has 1 fully saturated rings. The zero-order valence-electron chi connectivity index (χ0n) is 12.7. The molecule has 0 spiro atoms. The van der Waals surface area contributed by atoms with E-state index in [0.717, 1.165) is 38.9 Å². The lowest BCUT2D eigenvalue weighted by Gasteiger charge is -2.37. The minimum atomic E-state index is -0.344. The van der Waals surface area contributed by atoms with Crippen LogP contribution in [0, 0.1) is 5.41 Å². The number of benzene rings is 1. The summed E-state index contributed by atoms with van der Waals surface area (Å²) >= 11 is 0. The van der Waals surface area contributed by atoms with Crippen molar-refractivity contribution in [1.82, 2.24) is 10.6 Å². The Labute approximate surface area is 126 Å². The van der Waals surface area contributed by atoms with Gasteiger partial charge in [-0.15, -0.1) is 0 Å². The number of ether oxygens (including phenoxy) is 1. The van der Waals surface area contributed by atoms with Gasteiger partial charge < -0.3 is 15.4 Å². The van der Waals surface area contributed by atoms with Crippen LogP contribution in [0.25, 0.3) is 0 Å². The maximum absolute atomic E-state index is 12.6. The Balaban J connectivity index is 1.58. The number of carbonyl (C=O) groups excluding carboxylic acids is 1. The molecular weight excluding hydrogens is 264 g/mol. The van der Waals surface area contributed by atoms with Gasteiger partial charge in [0, 0.05) is 19.6 Å². The van der Waals surface area contributed by atoms with Crippen LogP contribution in [0.1, 0.15) is 29.9 Å². The Hall–Kier alpha value is -1.39. The molecular formula is C17H24N2O2. The second-order valence-corrected chi connectivity index (χ2v) is 6.27. The third-order valence-electron chi connectivity index (χ3n) is 4.93. The van der Waals surface area contributed by atoms with Crippen molar-refractivity contribution in [2.75, 3.05) is 33.4 Å². The predicted molar refractivity (Wildman–Crippen MR) is 82.3 cm³/mol. The Morgan fingerprint density at radius 2 is 2.14 bits per heavy atom. The SMILES string of the molecule is COCC1(C(=O)NCC2Cc3ccccc32)CCNCC1. The van der Waals surface area contributed by atoms with E-state index in [9.17, 15) is 4.79 Å². The number of fused-ring (bicyclic) bond motifs is 1. The molecule has 1 aromatic carbocycles. The first-order valence-electron chi connectivity index (χ1n) is 7.81. The fourth-order valence-electron chi connectivity index (χ4n) is 3.57. The van der Waals surface area contributed by atoms with E-state index in [1.807, 2.05) is 0 Å². The van der Waals surface area contributed by atoms with E-state index >= 15 is 0 Å². The van der Waals surface area contributed by atoms with Gasteiger partial charge in [-0.2, -0.15) is 0 Å². The smallest absolute Gasteiger partial charge is 0.228 e. The van der Waals surface area contributed by atoms with Gasteiger partial charge in [0.1, 0.15) is 0 Å². The van der Waals surface area contributed by atoms with Gasteiger partial charge in [-0.25, -0.2) is 0 Å². The second kappa shape index (κ2) is 6.16. The largest absolute Gasteiger partial charge is 0.384 e. The molecule has 0 bridgehead atoms. The average molecular weight is 288 g/mol. The van der Waals surface area contributed by atoms with Gasteiger partial charge in [0.05, 0.1) is 12.0 Å². The van der Waals surface area contributed by atoms with Crippen LogP contribution in [0.5, 0.6) is 0 Å². The van der Waals surface area contributed by atoms with Crippen molar-refractivity contribution in [3.63, 3.8) is 0 Å². The van der Waals surface area contributed by atoms with Crippen LogP contribution in [0.4, 0.5) is 0 Å². The summed E-state index contributed by atoms with van der Waals surface area (Å²) in [5.74, 6) is 0.640. The topological polar surface area (TPSA) is 50.4 Å². The van der Waals surface area contributed by atoms with E-state index in [4.69, 9.17) is 4.74 Å². The number of piperidine rings is 1. The molecule has 1 aromatic rings. The van der Waals surface area contributed by atoms with E-state index < -0.39 is 0 Å². The van der Waals surface area contributed by atoms with E-state index in [0.29, 0.717) is 12.5 Å². The number of carbonyl (C=O) groups is 1. The molecule has 0 radical (unpaired) electrons. The minimum absolute atomic E-state index is 0.162. The molecule has 114 valence electrons. The van der Waals surface area contributed by atoms with Gasteiger partial charge in [0.25, 0.3) is 0 Å². The van der Waals surface area contributed by atoms with Crippen molar-refractivity contribution in [3.8, 4) is 0 Å². The highest BCUT2D eigenvalue weighted by atomic mass is 16.5. The Kier molecular flexibility index (Phi) is 4.27. The van der Waals surface area contributed by atoms with Crippen LogP contribution in [-0.2, 0) is 16.0 Å². The van der Waals surface area contributed by atoms with Gasteiger partial charge in [-0.05, 0) is 43.5 Å². The van der Waals surface area contributed by atoms with E-state index in [1.54, 1.807) is 7.11 Å². The molecule has 1 saturated heterocycles. The summed E-state index contributed by atoms with van der Waals surface area (Å²) in [5.41, 5.74) is 2.47. The lowest BCUT2D eigenvalue weighted by Crippen LogP contribution is -2.51. The molecule has 4 heteroatoms. The minimum Gasteiger partial charge on any atom is -0.384 e. The third kappa shape index (κ3) is 2.83. The second-order valence-electron chi connectivity index (χ2n) is 6.27. The summed E-state index contributed by atoms with van der Waals surface area (Å²) < 4.78 is 5.32. The van der Waals surface area contributed by atoms with Crippen LogP contribution in [0.15, 0.2) is 24.3 Å². The number of hydrogen-bond donors (Lipinski definition) is 2. The van der Waals surface area contributed by atoms with Crippen molar-refractivity contribution >= 4 is 5.91 Å². The van der Waals surface area contributed by atoms with Gasteiger partial charge in [0.2, 0.25) is 5.91 Å². The molecule has 2 aliphatic rings. The number of hydrogen-bond acceptors (Lipinski definition) is 3. The lowest BCUT2D eigenvalue weighted by atomic mass is 9.76. The van der Waals surface area contributed by atoms with Crippen molar-refractivity contribution in [2.45, 2.75) is 25.2 Å². The van der Waals surface area contributed by atoms with E-state index in [1.165, 1.54) is 11.1 Å². The number of amides is 1. The zero-order valence-corrected chi connectivity index (χ0v) is 12.7. The van der Waals surface area contributed by atoms with Crippen molar-refractivity contribution in [3.05, 3.63) is 35.4 Å². The average Bonchev–Trinajstić information content (AvgIpc) is 2.49. The maximum Gasteiger partial charge on any atom is 0.228 e. The molecule has 1 atom stereocenters. The fourth-order valence-corrected chi connectivity index (χ4v) is 3.57. The number of rotatable bonds is 5. The summed E-state index contributed by atoms with van der Waals surface area (Å²) in [6.45, 7) is 3.04.